The zero-order valence-electron chi connectivity index (χ0n) is 7.77. The van der Waals surface area contributed by atoms with E-state index in [0.29, 0.717) is 6.04 Å². The van der Waals surface area contributed by atoms with Crippen molar-refractivity contribution >= 4 is 0 Å². The molecular formula is C10H12N4. The highest BCUT2D eigenvalue weighted by Crippen LogP contribution is 2.09. The van der Waals surface area contributed by atoms with Gasteiger partial charge in [-0.1, -0.05) is 6.07 Å². The van der Waals surface area contributed by atoms with Crippen LogP contribution in [0.1, 0.15) is 11.7 Å². The van der Waals surface area contributed by atoms with Crippen LogP contribution in [0.25, 0.3) is 0 Å². The third-order valence-corrected chi connectivity index (χ3v) is 2.30. The molecule has 1 aliphatic heterocycles. The van der Waals surface area contributed by atoms with Crippen LogP contribution < -0.4 is 10.6 Å². The van der Waals surface area contributed by atoms with Gasteiger partial charge in [0.2, 0.25) is 0 Å². The van der Waals surface area contributed by atoms with Gasteiger partial charge in [-0.3, -0.25) is 10.3 Å². The Morgan fingerprint density at radius 1 is 1.57 bits per heavy atom. The summed E-state index contributed by atoms with van der Waals surface area (Å²) >= 11 is 0. The Kier molecular flexibility index (Phi) is 2.73. The zero-order chi connectivity index (χ0) is 9.80. The number of rotatable bonds is 3. The van der Waals surface area contributed by atoms with E-state index < -0.39 is 0 Å². The van der Waals surface area contributed by atoms with Crippen LogP contribution in [0, 0.1) is 11.3 Å². The summed E-state index contributed by atoms with van der Waals surface area (Å²) in [4.78, 5) is 4.16. The number of pyridine rings is 1. The molecule has 1 fully saturated rings. The van der Waals surface area contributed by atoms with Crippen molar-refractivity contribution in [3.8, 4) is 6.07 Å². The predicted molar refractivity (Wildman–Crippen MR) is 52.4 cm³/mol. The van der Waals surface area contributed by atoms with Gasteiger partial charge in [-0.25, -0.2) is 0 Å². The molecule has 72 valence electrons. The quantitative estimate of drug-likeness (QED) is 0.711. The van der Waals surface area contributed by atoms with Crippen LogP contribution in [0.4, 0.5) is 0 Å². The molecule has 0 radical (unpaired) electrons. The van der Waals surface area contributed by atoms with Gasteiger partial charge in [-0.05, 0) is 12.1 Å². The fourth-order valence-corrected chi connectivity index (χ4v) is 1.38. The first-order valence-electron chi connectivity index (χ1n) is 4.67. The maximum atomic E-state index is 8.98. The first kappa shape index (κ1) is 9.13. The van der Waals surface area contributed by atoms with Crippen molar-refractivity contribution in [2.75, 3.05) is 13.1 Å². The Morgan fingerprint density at radius 3 is 2.93 bits per heavy atom. The number of nitriles is 1. The van der Waals surface area contributed by atoms with Crippen LogP contribution in [0.2, 0.25) is 0 Å². The fraction of sp³-hybridized carbons (Fsp3) is 0.400. The summed E-state index contributed by atoms with van der Waals surface area (Å²) in [5.41, 5.74) is 0.793. The Bertz CT molecular complexity index is 326. The van der Waals surface area contributed by atoms with Gasteiger partial charge in [0.1, 0.15) is 6.04 Å². The molecule has 1 atom stereocenters. The second-order valence-corrected chi connectivity index (χ2v) is 3.34. The lowest BCUT2D eigenvalue weighted by Gasteiger charge is -2.29. The van der Waals surface area contributed by atoms with E-state index in [0.717, 1.165) is 18.8 Å². The van der Waals surface area contributed by atoms with E-state index in [1.165, 1.54) is 0 Å². The number of nitrogens with zero attached hydrogens (tertiary/aromatic N) is 2. The van der Waals surface area contributed by atoms with Gasteiger partial charge in [0.25, 0.3) is 0 Å². The Morgan fingerprint density at radius 2 is 2.43 bits per heavy atom. The van der Waals surface area contributed by atoms with E-state index in [2.05, 4.69) is 21.7 Å². The Balaban J connectivity index is 2.02. The first-order valence-corrected chi connectivity index (χ1v) is 4.67. The summed E-state index contributed by atoms with van der Waals surface area (Å²) in [7, 11) is 0. The van der Waals surface area contributed by atoms with E-state index in [9.17, 15) is 0 Å². The molecule has 0 amide bonds. The largest absolute Gasteiger partial charge is 0.314 e. The summed E-state index contributed by atoms with van der Waals surface area (Å²) < 4.78 is 0. The van der Waals surface area contributed by atoms with Crippen molar-refractivity contribution in [1.29, 1.82) is 5.26 Å². The van der Waals surface area contributed by atoms with E-state index in [-0.39, 0.29) is 6.04 Å². The molecule has 1 aliphatic rings. The minimum atomic E-state index is -0.289. The van der Waals surface area contributed by atoms with Crippen molar-refractivity contribution in [3.05, 3.63) is 30.1 Å². The van der Waals surface area contributed by atoms with Crippen LogP contribution in [0.15, 0.2) is 24.4 Å². The highest BCUT2D eigenvalue weighted by molar-refractivity contribution is 5.16. The van der Waals surface area contributed by atoms with Crippen LogP contribution in [-0.2, 0) is 0 Å². The molecule has 1 unspecified atom stereocenters. The molecule has 4 heteroatoms. The van der Waals surface area contributed by atoms with E-state index >= 15 is 0 Å². The van der Waals surface area contributed by atoms with Crippen LogP contribution in [0.5, 0.6) is 0 Å². The average Bonchev–Trinajstić information content (AvgIpc) is 2.18. The van der Waals surface area contributed by atoms with Crippen LogP contribution >= 0.6 is 0 Å². The number of nitrogens with one attached hydrogen (secondary N) is 2. The van der Waals surface area contributed by atoms with Gasteiger partial charge >= 0.3 is 0 Å². The number of aromatic nitrogens is 1. The average molecular weight is 188 g/mol. The van der Waals surface area contributed by atoms with E-state index in [4.69, 9.17) is 5.26 Å². The smallest absolute Gasteiger partial charge is 0.138 e. The third kappa shape index (κ3) is 1.90. The highest BCUT2D eigenvalue weighted by Gasteiger charge is 2.21. The number of hydrogen-bond donors (Lipinski definition) is 2. The molecule has 1 aromatic rings. The van der Waals surface area contributed by atoms with Gasteiger partial charge in [-0.2, -0.15) is 5.26 Å². The molecule has 0 aliphatic carbocycles. The van der Waals surface area contributed by atoms with Crippen molar-refractivity contribution < 1.29 is 0 Å². The maximum absolute atomic E-state index is 8.98. The lowest BCUT2D eigenvalue weighted by atomic mass is 10.1. The molecular weight excluding hydrogens is 176 g/mol. The van der Waals surface area contributed by atoms with Crippen molar-refractivity contribution in [3.63, 3.8) is 0 Å². The Hall–Kier alpha value is -1.44. The zero-order valence-corrected chi connectivity index (χ0v) is 7.77. The SMILES string of the molecule is N#CC(NC1CNC1)c1ccccn1. The normalized spacial score (nSPS) is 18.2. The summed E-state index contributed by atoms with van der Waals surface area (Å²) in [5, 5.41) is 15.4. The molecule has 2 rings (SSSR count). The predicted octanol–water partition coefficient (Wildman–Crippen LogP) is 0.208. The lowest BCUT2D eigenvalue weighted by molar-refractivity contribution is 0.350. The molecule has 2 N–H and O–H groups in total. The third-order valence-electron chi connectivity index (χ3n) is 2.30. The molecule has 0 spiro atoms. The van der Waals surface area contributed by atoms with Crippen LogP contribution in [-0.4, -0.2) is 24.1 Å². The van der Waals surface area contributed by atoms with Gasteiger partial charge in [0.05, 0.1) is 11.8 Å². The minimum Gasteiger partial charge on any atom is -0.314 e. The maximum Gasteiger partial charge on any atom is 0.138 e. The van der Waals surface area contributed by atoms with Gasteiger partial charge < -0.3 is 5.32 Å². The van der Waals surface area contributed by atoms with Gasteiger partial charge in [-0.15, -0.1) is 0 Å². The first-order chi connectivity index (χ1) is 6.90. The summed E-state index contributed by atoms with van der Waals surface area (Å²) in [6.45, 7) is 1.87. The molecule has 0 bridgehead atoms. The Labute approximate surface area is 83.0 Å². The molecule has 1 aromatic heterocycles. The second-order valence-electron chi connectivity index (χ2n) is 3.34. The molecule has 14 heavy (non-hydrogen) atoms. The molecule has 2 heterocycles. The van der Waals surface area contributed by atoms with Crippen LogP contribution in [0.3, 0.4) is 0 Å². The van der Waals surface area contributed by atoms with Crippen molar-refractivity contribution in [1.82, 2.24) is 15.6 Å². The summed E-state index contributed by atoms with van der Waals surface area (Å²) in [6.07, 6.45) is 1.71. The monoisotopic (exact) mass is 188 g/mol. The highest BCUT2D eigenvalue weighted by atomic mass is 15.1. The lowest BCUT2D eigenvalue weighted by Crippen LogP contribution is -2.56. The van der Waals surface area contributed by atoms with Gasteiger partial charge in [0, 0.05) is 25.3 Å². The van der Waals surface area contributed by atoms with Crippen molar-refractivity contribution in [2.24, 2.45) is 0 Å². The standard InChI is InChI=1S/C10H12N4/c11-5-10(14-8-6-12-7-8)9-3-1-2-4-13-9/h1-4,8,10,12,14H,6-7H2. The molecule has 1 saturated heterocycles. The van der Waals surface area contributed by atoms with Gasteiger partial charge in [0.15, 0.2) is 0 Å². The van der Waals surface area contributed by atoms with E-state index in [1.807, 2.05) is 18.2 Å². The molecule has 4 nitrogen and oxygen atoms in total. The molecule has 0 saturated carbocycles. The topological polar surface area (TPSA) is 60.7 Å². The van der Waals surface area contributed by atoms with Crippen molar-refractivity contribution in [2.45, 2.75) is 12.1 Å². The number of hydrogen-bond acceptors (Lipinski definition) is 4. The minimum absolute atomic E-state index is 0.289. The molecule has 0 aromatic carbocycles. The van der Waals surface area contributed by atoms with E-state index in [1.54, 1.807) is 6.20 Å². The fourth-order valence-electron chi connectivity index (χ4n) is 1.38. The summed E-state index contributed by atoms with van der Waals surface area (Å²) in [5.74, 6) is 0. The second kappa shape index (κ2) is 4.18. The summed E-state index contributed by atoms with van der Waals surface area (Å²) in [6, 6.07) is 7.95.